The smallest absolute Gasteiger partial charge is 0.188 e. The Morgan fingerprint density at radius 3 is 2.73 bits per heavy atom. The van der Waals surface area contributed by atoms with Gasteiger partial charge in [0, 0.05) is 24.0 Å². The minimum atomic E-state index is -0.591. The number of aromatic nitrogens is 2. The quantitative estimate of drug-likeness (QED) is 0.697. The third-order valence-electron chi connectivity index (χ3n) is 4.53. The third-order valence-corrected chi connectivity index (χ3v) is 5.48. The summed E-state index contributed by atoms with van der Waals surface area (Å²) in [5, 5.41) is 7.18. The molecular formula is C19H18F2N4S. The van der Waals surface area contributed by atoms with Crippen LogP contribution in [0.3, 0.4) is 0 Å². The lowest BCUT2D eigenvalue weighted by Gasteiger charge is -2.23. The Morgan fingerprint density at radius 2 is 1.92 bits per heavy atom. The number of nitrogens with zero attached hydrogens (tertiary/aromatic N) is 2. The fourth-order valence-electron chi connectivity index (χ4n) is 3.18. The topological polar surface area (TPSA) is 49.8 Å². The fraction of sp³-hybridized carbons (Fsp3) is 0.263. The van der Waals surface area contributed by atoms with E-state index in [9.17, 15) is 8.78 Å². The molecular weight excluding hydrogens is 354 g/mol. The Morgan fingerprint density at radius 1 is 1.08 bits per heavy atom. The Labute approximate surface area is 154 Å². The van der Waals surface area contributed by atoms with Crippen LogP contribution in [-0.4, -0.2) is 23.1 Å². The van der Waals surface area contributed by atoms with Crippen LogP contribution in [-0.2, 0) is 0 Å². The highest BCUT2D eigenvalue weighted by Crippen LogP contribution is 2.33. The molecule has 26 heavy (non-hydrogen) atoms. The average Bonchev–Trinajstić information content (AvgIpc) is 3.11. The lowest BCUT2D eigenvalue weighted by atomic mass is 9.91. The SMILES string of the molecule is Fc1ccc(-c2cnc(Nc3cc(C4CCNCC4)ccn3)s2)c(F)c1. The van der Waals surface area contributed by atoms with Crippen LogP contribution in [0, 0.1) is 11.6 Å². The number of nitrogens with one attached hydrogen (secondary N) is 2. The van der Waals surface area contributed by atoms with E-state index in [1.165, 1.54) is 29.0 Å². The molecule has 0 atom stereocenters. The van der Waals surface area contributed by atoms with Gasteiger partial charge in [-0.2, -0.15) is 0 Å². The molecule has 0 unspecified atom stereocenters. The van der Waals surface area contributed by atoms with Crippen molar-refractivity contribution in [3.05, 3.63) is 59.9 Å². The minimum absolute atomic E-state index is 0.341. The summed E-state index contributed by atoms with van der Waals surface area (Å²) in [7, 11) is 0. The first-order valence-corrected chi connectivity index (χ1v) is 9.35. The molecule has 0 spiro atoms. The van der Waals surface area contributed by atoms with Crippen molar-refractivity contribution in [2.75, 3.05) is 18.4 Å². The summed E-state index contributed by atoms with van der Waals surface area (Å²) in [4.78, 5) is 9.29. The van der Waals surface area contributed by atoms with Gasteiger partial charge in [-0.1, -0.05) is 11.3 Å². The van der Waals surface area contributed by atoms with E-state index in [-0.39, 0.29) is 0 Å². The molecule has 0 bridgehead atoms. The molecule has 0 saturated carbocycles. The summed E-state index contributed by atoms with van der Waals surface area (Å²) < 4.78 is 27.0. The maximum absolute atomic E-state index is 13.9. The molecule has 1 aromatic carbocycles. The number of rotatable bonds is 4. The van der Waals surface area contributed by atoms with E-state index in [1.807, 2.05) is 0 Å². The standard InChI is InChI=1S/C19H18F2N4S/c20-14-1-2-15(16(21)10-14)17-11-24-19(26-17)25-18-9-13(5-8-23-18)12-3-6-22-7-4-12/h1-2,5,8-12,22H,3-4,6-7H2,(H,23,24,25). The normalized spacial score (nSPS) is 15.2. The first-order chi connectivity index (χ1) is 12.7. The van der Waals surface area contributed by atoms with E-state index < -0.39 is 11.6 Å². The Hall–Kier alpha value is -2.38. The van der Waals surface area contributed by atoms with Crippen LogP contribution >= 0.6 is 11.3 Å². The van der Waals surface area contributed by atoms with Crippen molar-refractivity contribution in [3.63, 3.8) is 0 Å². The van der Waals surface area contributed by atoms with Crippen LogP contribution < -0.4 is 10.6 Å². The van der Waals surface area contributed by atoms with Gasteiger partial charge in [-0.15, -0.1) is 0 Å². The van der Waals surface area contributed by atoms with Crippen molar-refractivity contribution >= 4 is 22.3 Å². The second kappa shape index (κ2) is 7.47. The number of hydrogen-bond acceptors (Lipinski definition) is 5. The second-order valence-corrected chi connectivity index (χ2v) is 7.31. The maximum atomic E-state index is 13.9. The van der Waals surface area contributed by atoms with Gasteiger partial charge in [0.05, 0.1) is 4.88 Å². The molecule has 3 aromatic rings. The second-order valence-electron chi connectivity index (χ2n) is 6.28. The molecule has 1 aliphatic heterocycles. The lowest BCUT2D eigenvalue weighted by Crippen LogP contribution is -2.26. The van der Waals surface area contributed by atoms with Gasteiger partial charge in [-0.25, -0.2) is 18.7 Å². The number of hydrogen-bond donors (Lipinski definition) is 2. The summed E-state index contributed by atoms with van der Waals surface area (Å²) in [6.07, 6.45) is 5.62. The fourth-order valence-corrected chi connectivity index (χ4v) is 4.03. The monoisotopic (exact) mass is 372 g/mol. The predicted molar refractivity (Wildman–Crippen MR) is 99.8 cm³/mol. The van der Waals surface area contributed by atoms with Gasteiger partial charge < -0.3 is 10.6 Å². The minimum Gasteiger partial charge on any atom is -0.317 e. The summed E-state index contributed by atoms with van der Waals surface area (Å²) >= 11 is 1.31. The van der Waals surface area contributed by atoms with E-state index in [4.69, 9.17) is 0 Å². The highest BCUT2D eigenvalue weighted by Gasteiger charge is 2.16. The number of halogens is 2. The van der Waals surface area contributed by atoms with Gasteiger partial charge in [0.15, 0.2) is 5.13 Å². The zero-order valence-electron chi connectivity index (χ0n) is 14.0. The van der Waals surface area contributed by atoms with Crippen LogP contribution in [0.15, 0.2) is 42.7 Å². The van der Waals surface area contributed by atoms with Crippen molar-refractivity contribution in [2.24, 2.45) is 0 Å². The van der Waals surface area contributed by atoms with Crippen molar-refractivity contribution < 1.29 is 8.78 Å². The Bertz CT molecular complexity index is 906. The summed E-state index contributed by atoms with van der Waals surface area (Å²) in [6.45, 7) is 2.07. The van der Waals surface area contributed by atoms with Crippen LogP contribution in [0.4, 0.5) is 19.7 Å². The molecule has 4 rings (SSSR count). The highest BCUT2D eigenvalue weighted by molar-refractivity contribution is 7.18. The van der Waals surface area contributed by atoms with Gasteiger partial charge >= 0.3 is 0 Å². The largest absolute Gasteiger partial charge is 0.317 e. The maximum Gasteiger partial charge on any atom is 0.188 e. The zero-order chi connectivity index (χ0) is 17.9. The van der Waals surface area contributed by atoms with Gasteiger partial charge in [0.2, 0.25) is 0 Å². The highest BCUT2D eigenvalue weighted by atomic mass is 32.1. The predicted octanol–water partition coefficient (Wildman–Crippen LogP) is 4.69. The summed E-state index contributed by atoms with van der Waals surface area (Å²) in [5.74, 6) is 0.0840. The molecule has 4 nitrogen and oxygen atoms in total. The van der Waals surface area contributed by atoms with E-state index in [0.717, 1.165) is 37.8 Å². The molecule has 2 N–H and O–H groups in total. The molecule has 1 fully saturated rings. The number of thiazole rings is 1. The van der Waals surface area contributed by atoms with Crippen LogP contribution in [0.1, 0.15) is 24.3 Å². The number of piperidine rings is 1. The number of benzene rings is 1. The molecule has 134 valence electrons. The molecule has 7 heteroatoms. The summed E-state index contributed by atoms with van der Waals surface area (Å²) in [6, 6.07) is 7.66. The lowest BCUT2D eigenvalue weighted by molar-refractivity contribution is 0.460. The van der Waals surface area contributed by atoms with Crippen LogP contribution in [0.2, 0.25) is 0 Å². The van der Waals surface area contributed by atoms with Crippen molar-refractivity contribution in [2.45, 2.75) is 18.8 Å². The molecule has 0 amide bonds. The summed E-state index contributed by atoms with van der Waals surface area (Å²) in [5.41, 5.74) is 1.61. The van der Waals surface area contributed by atoms with Crippen LogP contribution in [0.5, 0.6) is 0 Å². The zero-order valence-corrected chi connectivity index (χ0v) is 14.8. The first-order valence-electron chi connectivity index (χ1n) is 8.54. The molecule has 1 saturated heterocycles. The van der Waals surface area contributed by atoms with Gasteiger partial charge in [-0.05, 0) is 61.7 Å². The number of anilines is 2. The Kier molecular flexibility index (Phi) is 4.90. The van der Waals surface area contributed by atoms with E-state index in [2.05, 4.69) is 32.7 Å². The first kappa shape index (κ1) is 17.1. The number of pyridine rings is 1. The molecule has 1 aliphatic rings. The van der Waals surface area contributed by atoms with Gasteiger partial charge in [-0.3, -0.25) is 0 Å². The molecule has 2 aromatic heterocycles. The van der Waals surface area contributed by atoms with Gasteiger partial charge in [0.1, 0.15) is 17.5 Å². The van der Waals surface area contributed by atoms with E-state index in [1.54, 1.807) is 12.4 Å². The molecule has 0 radical (unpaired) electrons. The third kappa shape index (κ3) is 3.73. The van der Waals surface area contributed by atoms with Crippen molar-refractivity contribution in [1.82, 2.24) is 15.3 Å². The molecule has 3 heterocycles. The molecule has 0 aliphatic carbocycles. The van der Waals surface area contributed by atoms with Crippen molar-refractivity contribution in [3.8, 4) is 10.4 Å². The van der Waals surface area contributed by atoms with E-state index in [0.29, 0.717) is 21.5 Å². The van der Waals surface area contributed by atoms with E-state index >= 15 is 0 Å². The van der Waals surface area contributed by atoms with Crippen molar-refractivity contribution in [1.29, 1.82) is 0 Å². The average molecular weight is 372 g/mol. The van der Waals surface area contributed by atoms with Crippen LogP contribution in [0.25, 0.3) is 10.4 Å². The Balaban J connectivity index is 1.52. The van der Waals surface area contributed by atoms with Gasteiger partial charge in [0.25, 0.3) is 0 Å².